The highest BCUT2D eigenvalue weighted by Gasteiger charge is 2.36. The van der Waals surface area contributed by atoms with Crippen molar-refractivity contribution in [2.45, 2.75) is 30.9 Å². The topological polar surface area (TPSA) is 43.1 Å². The van der Waals surface area contributed by atoms with Gasteiger partial charge in [0.1, 0.15) is 0 Å². The fourth-order valence-corrected chi connectivity index (χ4v) is 2.40. The van der Waals surface area contributed by atoms with Crippen LogP contribution in [0.1, 0.15) is 31.2 Å². The maximum Gasteiger partial charge on any atom is 0.0955 e. The summed E-state index contributed by atoms with van der Waals surface area (Å²) in [4.78, 5) is 0. The molecule has 1 aliphatic rings. The molecule has 0 spiro atoms. The molecule has 2 nitrogen and oxygen atoms in total. The van der Waals surface area contributed by atoms with Crippen LogP contribution in [0.25, 0.3) is 0 Å². The lowest BCUT2D eigenvalue weighted by molar-refractivity contribution is 0.680. The Bertz CT molecular complexity index is 415. The molecule has 1 aromatic rings. The van der Waals surface area contributed by atoms with Gasteiger partial charge in [0.2, 0.25) is 0 Å². The molecule has 2 unspecified atom stereocenters. The molecule has 3 heteroatoms. The lowest BCUT2D eigenvalue weighted by Gasteiger charge is -2.00. The van der Waals surface area contributed by atoms with Gasteiger partial charge in [-0.05, 0) is 37.2 Å². The highest BCUT2D eigenvalue weighted by molar-refractivity contribution is 7.83. The van der Waals surface area contributed by atoms with Crippen molar-refractivity contribution in [1.82, 2.24) is 0 Å². The summed E-state index contributed by atoms with van der Waals surface area (Å²) in [6.07, 6.45) is 6.44. The number of nitrogens with two attached hydrogens (primary N) is 1. The first kappa shape index (κ1) is 12.5. The Hall–Kier alpha value is -0.930. The zero-order valence-corrected chi connectivity index (χ0v) is 10.9. The molecule has 4 atom stereocenters. The molecular weight excluding hydrogens is 230 g/mol. The number of hydrogen-bond acceptors (Lipinski definition) is 1. The molecule has 1 fully saturated rings. The summed E-state index contributed by atoms with van der Waals surface area (Å²) < 4.78 is 11.0. The van der Waals surface area contributed by atoms with Crippen LogP contribution in [0.3, 0.4) is 0 Å². The fourth-order valence-electron chi connectivity index (χ4n) is 2.14. The third-order valence-corrected chi connectivity index (χ3v) is 4.25. The smallest absolute Gasteiger partial charge is 0.0955 e. The monoisotopic (exact) mass is 249 g/mol. The molecular formula is C14H19NOS. The number of benzene rings is 1. The standard InChI is InChI=1S/C14H19NOS/c1-11(17(15)16)6-5-9-13-10-14(13)12-7-3-2-4-8-12/h2-8,11,13-14H,9-10,15H2,1H3/b6-5+/t11?,13-,14-,17?/m1/s1. The van der Waals surface area contributed by atoms with Crippen LogP contribution in [0.2, 0.25) is 0 Å². The van der Waals surface area contributed by atoms with Crippen LogP contribution in [0.15, 0.2) is 42.5 Å². The quantitative estimate of drug-likeness (QED) is 0.801. The van der Waals surface area contributed by atoms with Gasteiger partial charge in [0, 0.05) is 0 Å². The van der Waals surface area contributed by atoms with Gasteiger partial charge in [-0.1, -0.05) is 42.5 Å². The third kappa shape index (κ3) is 3.51. The van der Waals surface area contributed by atoms with Gasteiger partial charge in [0.25, 0.3) is 0 Å². The Morgan fingerprint density at radius 2 is 2.18 bits per heavy atom. The maximum atomic E-state index is 11.0. The van der Waals surface area contributed by atoms with Crippen LogP contribution >= 0.6 is 0 Å². The summed E-state index contributed by atoms with van der Waals surface area (Å²) in [6.45, 7) is 1.88. The first-order valence-corrected chi connectivity index (χ1v) is 7.32. The molecule has 2 N–H and O–H groups in total. The Balaban J connectivity index is 1.79. The summed E-state index contributed by atoms with van der Waals surface area (Å²) in [6, 6.07) is 10.7. The van der Waals surface area contributed by atoms with E-state index in [9.17, 15) is 4.21 Å². The molecule has 0 bridgehead atoms. The average Bonchev–Trinajstić information content (AvgIpc) is 3.09. The largest absolute Gasteiger partial charge is 0.251 e. The molecule has 2 rings (SSSR count). The predicted molar refractivity (Wildman–Crippen MR) is 72.8 cm³/mol. The minimum atomic E-state index is -1.24. The zero-order chi connectivity index (χ0) is 12.3. The predicted octanol–water partition coefficient (Wildman–Crippen LogP) is 2.75. The molecule has 1 aliphatic carbocycles. The molecule has 0 aromatic heterocycles. The van der Waals surface area contributed by atoms with E-state index in [1.54, 1.807) is 0 Å². The van der Waals surface area contributed by atoms with E-state index in [0.717, 1.165) is 18.3 Å². The van der Waals surface area contributed by atoms with E-state index >= 15 is 0 Å². The van der Waals surface area contributed by atoms with Crippen LogP contribution in [0.5, 0.6) is 0 Å². The van der Waals surface area contributed by atoms with Crippen molar-refractivity contribution in [3.05, 3.63) is 48.0 Å². The van der Waals surface area contributed by atoms with Gasteiger partial charge in [-0.15, -0.1) is 0 Å². The molecule has 1 saturated carbocycles. The van der Waals surface area contributed by atoms with Crippen LogP contribution < -0.4 is 5.14 Å². The minimum Gasteiger partial charge on any atom is -0.251 e. The minimum absolute atomic E-state index is 0.0380. The van der Waals surface area contributed by atoms with Gasteiger partial charge in [-0.2, -0.15) is 0 Å². The second kappa shape index (κ2) is 5.61. The van der Waals surface area contributed by atoms with Crippen molar-refractivity contribution in [2.75, 3.05) is 0 Å². The molecule has 1 aromatic carbocycles. The molecule has 0 saturated heterocycles. The first-order chi connectivity index (χ1) is 8.18. The number of rotatable bonds is 5. The van der Waals surface area contributed by atoms with Crippen molar-refractivity contribution in [3.8, 4) is 0 Å². The van der Waals surface area contributed by atoms with E-state index < -0.39 is 11.0 Å². The van der Waals surface area contributed by atoms with Crippen molar-refractivity contribution in [2.24, 2.45) is 11.1 Å². The van der Waals surface area contributed by atoms with E-state index in [4.69, 9.17) is 5.14 Å². The molecule has 17 heavy (non-hydrogen) atoms. The van der Waals surface area contributed by atoms with Crippen molar-refractivity contribution >= 4 is 11.0 Å². The second-order valence-electron chi connectivity index (χ2n) is 4.71. The van der Waals surface area contributed by atoms with E-state index in [1.807, 2.05) is 13.0 Å². The highest BCUT2D eigenvalue weighted by Crippen LogP contribution is 2.49. The lowest BCUT2D eigenvalue weighted by atomic mass is 10.1. The van der Waals surface area contributed by atoms with Gasteiger partial charge in [0.05, 0.1) is 16.2 Å². The Labute approximate surface area is 106 Å². The Kier molecular flexibility index (Phi) is 4.13. The van der Waals surface area contributed by atoms with Gasteiger partial charge in [-0.25, -0.2) is 4.21 Å². The summed E-state index contributed by atoms with van der Waals surface area (Å²) in [5, 5.41) is 5.27. The van der Waals surface area contributed by atoms with Gasteiger partial charge in [-0.3, -0.25) is 5.14 Å². The van der Waals surface area contributed by atoms with E-state index in [1.165, 1.54) is 12.0 Å². The Morgan fingerprint density at radius 3 is 2.82 bits per heavy atom. The van der Waals surface area contributed by atoms with Crippen LogP contribution in [0.4, 0.5) is 0 Å². The van der Waals surface area contributed by atoms with Gasteiger partial charge in [0.15, 0.2) is 0 Å². The first-order valence-electron chi connectivity index (χ1n) is 6.05. The summed E-state index contributed by atoms with van der Waals surface area (Å²) in [5.41, 5.74) is 1.45. The van der Waals surface area contributed by atoms with E-state index in [0.29, 0.717) is 0 Å². The fraction of sp³-hybridized carbons (Fsp3) is 0.429. The molecule has 0 radical (unpaired) electrons. The molecule has 0 aliphatic heterocycles. The number of allylic oxidation sites excluding steroid dienone is 1. The lowest BCUT2D eigenvalue weighted by Crippen LogP contribution is -2.15. The third-order valence-electron chi connectivity index (χ3n) is 3.36. The van der Waals surface area contributed by atoms with Crippen molar-refractivity contribution in [3.63, 3.8) is 0 Å². The number of hydrogen-bond donors (Lipinski definition) is 1. The Morgan fingerprint density at radius 1 is 1.47 bits per heavy atom. The highest BCUT2D eigenvalue weighted by atomic mass is 32.2. The maximum absolute atomic E-state index is 11.0. The summed E-state index contributed by atoms with van der Waals surface area (Å²) in [5.74, 6) is 1.48. The zero-order valence-electron chi connectivity index (χ0n) is 10.1. The molecule has 0 amide bonds. The average molecular weight is 249 g/mol. The van der Waals surface area contributed by atoms with Gasteiger partial charge >= 0.3 is 0 Å². The van der Waals surface area contributed by atoms with Crippen molar-refractivity contribution < 1.29 is 4.21 Å². The normalized spacial score (nSPS) is 26.9. The summed E-state index contributed by atoms with van der Waals surface area (Å²) in [7, 11) is -1.24. The van der Waals surface area contributed by atoms with Gasteiger partial charge < -0.3 is 0 Å². The summed E-state index contributed by atoms with van der Waals surface area (Å²) >= 11 is 0. The SMILES string of the molecule is CC(/C=C/C[C@@H]1C[C@@H]1c1ccccc1)S(N)=O. The van der Waals surface area contributed by atoms with Crippen molar-refractivity contribution in [1.29, 1.82) is 0 Å². The van der Waals surface area contributed by atoms with Crippen LogP contribution in [-0.4, -0.2) is 9.46 Å². The van der Waals surface area contributed by atoms with E-state index in [2.05, 4.69) is 36.4 Å². The van der Waals surface area contributed by atoms with E-state index in [-0.39, 0.29) is 5.25 Å². The second-order valence-corrected chi connectivity index (χ2v) is 6.11. The van der Waals surface area contributed by atoms with Crippen LogP contribution in [-0.2, 0) is 11.0 Å². The van der Waals surface area contributed by atoms with Crippen LogP contribution in [0, 0.1) is 5.92 Å². The molecule has 92 valence electrons. The molecule has 0 heterocycles.